The third-order valence-corrected chi connectivity index (χ3v) is 30.3. The Morgan fingerprint density at radius 1 is 0.348 bits per heavy atom. The van der Waals surface area contributed by atoms with Crippen molar-refractivity contribution in [2.45, 2.75) is 274 Å². The first kappa shape index (κ1) is 108. The number of phenolic OH excluding ortho intramolecular Hbond substituents is 4. The summed E-state index contributed by atoms with van der Waals surface area (Å²) in [5.74, 6) is 2.26. The second kappa shape index (κ2) is 46.8. The van der Waals surface area contributed by atoms with Crippen LogP contribution in [0.15, 0.2) is 202 Å². The summed E-state index contributed by atoms with van der Waals surface area (Å²) in [5, 5.41) is 48.2. The van der Waals surface area contributed by atoms with Gasteiger partial charge in [-0.05, 0) is 327 Å². The van der Waals surface area contributed by atoms with Gasteiger partial charge in [0.1, 0.15) is 12.2 Å². The number of aromatic hydroxyl groups is 4. The van der Waals surface area contributed by atoms with Gasteiger partial charge >= 0.3 is 6.36 Å². The van der Waals surface area contributed by atoms with Crippen LogP contribution in [-0.4, -0.2) is 184 Å². The van der Waals surface area contributed by atoms with Crippen molar-refractivity contribution in [3.63, 3.8) is 0 Å². The van der Waals surface area contributed by atoms with Crippen molar-refractivity contribution in [2.75, 3.05) is 52.5 Å². The predicted molar refractivity (Wildman–Crippen MR) is 532 cm³/mol. The molecule has 10 aromatic rings. The van der Waals surface area contributed by atoms with E-state index in [-0.39, 0.29) is 59.4 Å². The largest absolute Gasteiger partial charge is 0.573 e. The Balaban J connectivity index is 0.000000165. The lowest BCUT2D eigenvalue weighted by atomic mass is 10.0. The summed E-state index contributed by atoms with van der Waals surface area (Å²) < 4.78 is 164. The first-order valence-corrected chi connectivity index (χ1v) is 54.3. The number of sulfone groups is 4. The molecule has 5 heterocycles. The number of benzene rings is 10. The topological polar surface area (TPSA) is 309 Å². The van der Waals surface area contributed by atoms with Gasteiger partial charge in [0.05, 0.1) is 46.5 Å². The van der Waals surface area contributed by atoms with Crippen LogP contribution in [0.4, 0.5) is 13.2 Å². The lowest BCUT2D eigenvalue weighted by Crippen LogP contribution is -2.28. The van der Waals surface area contributed by atoms with Gasteiger partial charge < -0.3 is 54.0 Å². The maximum absolute atomic E-state index is 12.7. The molecule has 748 valence electrons. The number of ether oxygens (including phenoxy) is 6. The molecule has 0 aromatic heterocycles. The minimum absolute atomic E-state index is 0.0139. The summed E-state index contributed by atoms with van der Waals surface area (Å²) in [6.07, 6.45) is 9.03. The van der Waals surface area contributed by atoms with Gasteiger partial charge in [-0.2, -0.15) is 0 Å². The zero-order chi connectivity index (χ0) is 101. The zero-order valence-corrected chi connectivity index (χ0v) is 85.6. The van der Waals surface area contributed by atoms with Gasteiger partial charge in [-0.1, -0.05) is 84.4 Å². The molecule has 10 aromatic carbocycles. The molecule has 0 spiro atoms. The monoisotopic (exact) mass is 1980 g/mol. The van der Waals surface area contributed by atoms with E-state index >= 15 is 0 Å². The first-order valence-electron chi connectivity index (χ1n) is 46.8. The van der Waals surface area contributed by atoms with Crippen molar-refractivity contribution in [1.82, 2.24) is 24.5 Å². The van der Waals surface area contributed by atoms with E-state index in [4.69, 9.17) is 28.8 Å². The predicted octanol–water partition coefficient (Wildman–Crippen LogP) is 19.1. The van der Waals surface area contributed by atoms with Crippen molar-refractivity contribution in [1.29, 1.82) is 0 Å². The highest BCUT2D eigenvalue weighted by Gasteiger charge is 2.35. The van der Waals surface area contributed by atoms with E-state index in [1.165, 1.54) is 70.5 Å². The molecule has 0 aliphatic carbocycles. The number of hydrogen-bond donors (Lipinski definition) is 5. The summed E-state index contributed by atoms with van der Waals surface area (Å²) in [4.78, 5) is 13.5. The number of aliphatic hydroxyl groups excluding tert-OH is 1. The molecule has 0 saturated carbocycles. The van der Waals surface area contributed by atoms with Gasteiger partial charge in [0.25, 0.3) is 0 Å². The van der Waals surface area contributed by atoms with Crippen molar-refractivity contribution >= 4 is 39.3 Å². The second-order valence-corrected chi connectivity index (χ2v) is 46.4. The first-order chi connectivity index (χ1) is 64.9. The molecule has 5 atom stereocenters. The van der Waals surface area contributed by atoms with Gasteiger partial charge in [0.2, 0.25) is 0 Å². The Morgan fingerprint density at radius 2 is 0.667 bits per heavy atom. The number of halogens is 3. The quantitative estimate of drug-likeness (QED) is 0.0255. The highest BCUT2D eigenvalue weighted by atomic mass is 32.2. The summed E-state index contributed by atoms with van der Waals surface area (Å²) in [5.41, 5.74) is 17.8. The molecule has 0 saturated heterocycles. The van der Waals surface area contributed by atoms with Crippen LogP contribution >= 0.6 is 0 Å². The average Bonchev–Trinajstić information content (AvgIpc) is 1.66. The van der Waals surface area contributed by atoms with Gasteiger partial charge in [0, 0.05) is 121 Å². The highest BCUT2D eigenvalue weighted by molar-refractivity contribution is 7.91. The van der Waals surface area contributed by atoms with Gasteiger partial charge in [0.15, 0.2) is 96.8 Å². The molecule has 0 bridgehead atoms. The van der Waals surface area contributed by atoms with Crippen molar-refractivity contribution < 1.29 is 101 Å². The van der Waals surface area contributed by atoms with E-state index in [0.29, 0.717) is 85.8 Å². The fraction of sp³-hybridized carbons (Fsp3) is 0.439. The Morgan fingerprint density at radius 3 is 1.01 bits per heavy atom. The highest BCUT2D eigenvalue weighted by Crippen LogP contribution is 2.40. The van der Waals surface area contributed by atoms with Crippen LogP contribution < -0.4 is 28.4 Å². The molecule has 31 heteroatoms. The Labute approximate surface area is 814 Å². The van der Waals surface area contributed by atoms with Crippen molar-refractivity contribution in [2.24, 2.45) is 0 Å². The second-order valence-electron chi connectivity index (χ2n) is 38.4. The smallest absolute Gasteiger partial charge is 0.504 e. The Kier molecular flexibility index (Phi) is 36.6. The summed E-state index contributed by atoms with van der Waals surface area (Å²) in [7, 11) is -9.64. The number of phenols is 4. The van der Waals surface area contributed by atoms with Crippen LogP contribution in [0.1, 0.15) is 190 Å². The zero-order valence-electron chi connectivity index (χ0n) is 82.3. The normalized spacial score (nSPS) is 15.6. The molecule has 15 rings (SSSR count). The number of hydrogen-bond acceptors (Lipinski definition) is 24. The van der Waals surface area contributed by atoms with Gasteiger partial charge in [-0.15, -0.1) is 13.2 Å². The number of fused-ring (bicyclic) bond motifs is 5. The molecule has 5 aliphatic rings. The molecule has 5 aliphatic heterocycles. The molecule has 0 amide bonds. The molecular weight excluding hydrogens is 1840 g/mol. The van der Waals surface area contributed by atoms with Crippen LogP contribution in [0.25, 0.3) is 0 Å². The third kappa shape index (κ3) is 30.8. The number of aryl methyl sites for hydroxylation is 6. The van der Waals surface area contributed by atoms with Gasteiger partial charge in [-0.3, -0.25) is 24.5 Å². The van der Waals surface area contributed by atoms with Crippen LogP contribution in [-0.2, 0) is 137 Å². The number of nitrogens with zero attached hydrogens (tertiary/aromatic N) is 5. The van der Waals surface area contributed by atoms with E-state index in [0.717, 1.165) is 172 Å². The molecule has 5 N–H and O–H groups in total. The lowest BCUT2D eigenvalue weighted by molar-refractivity contribution is -0.275. The Hall–Kier alpha value is -10.5. The molecular formula is C107H136F3N5O19S4. The minimum atomic E-state index is -4.80. The molecule has 0 radical (unpaired) electrons. The van der Waals surface area contributed by atoms with E-state index in [1.807, 2.05) is 132 Å². The van der Waals surface area contributed by atoms with Crippen molar-refractivity contribution in [3.8, 4) is 57.5 Å². The summed E-state index contributed by atoms with van der Waals surface area (Å²) in [6, 6.07) is 56.6. The van der Waals surface area contributed by atoms with Crippen LogP contribution in [0.2, 0.25) is 0 Å². The van der Waals surface area contributed by atoms with Crippen molar-refractivity contribution in [3.05, 3.63) is 271 Å². The SMILES string of the molecule is CC(C)Oc1cc(CC[C@@H](C)N2Cc3ccc(S(C)(=O)=O)cc3C2)ccc1O.COc1cc(CC[C@@H](C)N2Cc3ccc(S(C)(=O)=O)cc3C2)ccc1O.COc1cc(CC[C@@H](C)N2Cc3cccc(S(C)(=O)=O)c3C2)ccc1O.C[C@H](CCc1ccc(O)c(OC(C)(C)C)c1)N1Cc2ccc(S(C)(=O)=O)cc2C1.Cc1ccc2c(c1)CN([C@H](C)CCc1ccc(OCCO)c(OC(F)(F)F)c1)C2. The summed E-state index contributed by atoms with van der Waals surface area (Å²) in [6.45, 7) is 30.5. The van der Waals surface area contributed by atoms with E-state index in [2.05, 4.69) is 89.0 Å². The number of alkyl halides is 3. The maximum Gasteiger partial charge on any atom is 0.573 e. The molecule has 24 nitrogen and oxygen atoms in total. The standard InChI is InChI=1S/C23H31NO4S.C22H26F3NO3.C22H29NO4S.2C20H25NO4S/c1-16(6-7-17-8-11-21(25)22(12-17)28-23(2,3)4)24-14-18-9-10-20(29(5,26)27)13-19(18)15-24;1-15-3-7-18-13-26(14-19(18)11-15)16(2)4-5-17-6-8-20(28-10-9-27)21(12-17)29-22(23,24)25;1-15(2)27-22-11-17(7-10-21(22)24)6-5-16(3)23-13-18-8-9-20(28(4,25)26)12-19(18)14-23;1-14(4-5-15-6-9-19(22)20(10-15)25-2)21-12-16-7-8-18(26(3,23)24)11-17(16)13-21;1-14(7-8-15-9-10-18(22)19(11-15)25-2)21-12-16-5-4-6-20(17(16)13-21)26(3,23)24/h8-13,16,25H,6-7,14-15H2,1-5H3;3,6-8,11-12,16,27H,4-5,9-10,13-14H2,1-2H3;7-12,15-16,24H,5-6,13-14H2,1-4H3;6-11,14,22H,4-5,12-13H2,1-3H3;4-6,9-11,14,22H,7-8,12-13H2,1-3H3/t3*16-;2*14-/m11111/s1. The van der Waals surface area contributed by atoms with Crippen LogP contribution in [0, 0.1) is 6.92 Å². The van der Waals surface area contributed by atoms with E-state index in [9.17, 15) is 67.3 Å². The fourth-order valence-corrected chi connectivity index (χ4v) is 20.7. The third-order valence-electron chi connectivity index (χ3n) is 25.8. The maximum atomic E-state index is 12.7. The van der Waals surface area contributed by atoms with Crippen LogP contribution in [0.3, 0.4) is 0 Å². The molecule has 0 unspecified atom stereocenters. The number of aliphatic hydroxyl groups is 1. The number of rotatable bonds is 33. The van der Waals surface area contributed by atoms with E-state index < -0.39 is 45.7 Å². The van der Waals surface area contributed by atoms with E-state index in [1.54, 1.807) is 68.8 Å². The fourth-order valence-electron chi connectivity index (χ4n) is 17.7. The van der Waals surface area contributed by atoms with Crippen LogP contribution in [0.5, 0.6) is 57.5 Å². The lowest BCUT2D eigenvalue weighted by Gasteiger charge is -2.24. The Bertz CT molecular complexity index is 6370. The number of methoxy groups -OCH3 is 2. The molecule has 138 heavy (non-hydrogen) atoms. The average molecular weight is 1980 g/mol. The van der Waals surface area contributed by atoms with Gasteiger partial charge in [-0.25, -0.2) is 33.7 Å². The summed E-state index contributed by atoms with van der Waals surface area (Å²) >= 11 is 0. The minimum Gasteiger partial charge on any atom is -0.504 e. The molecule has 0 fully saturated rings.